The Balaban J connectivity index is 1.94. The van der Waals surface area contributed by atoms with Crippen LogP contribution in [0.2, 0.25) is 0 Å². The molecule has 0 bridgehead atoms. The molecule has 2 fully saturated rings. The zero-order chi connectivity index (χ0) is 12.6. The molecule has 2 atom stereocenters. The average molecular weight is 248 g/mol. The molecule has 0 saturated carbocycles. The summed E-state index contributed by atoms with van der Waals surface area (Å²) in [6.45, 7) is 1.11. The molecule has 2 saturated heterocycles. The van der Waals surface area contributed by atoms with E-state index < -0.39 is 17.4 Å². The predicted molar refractivity (Wildman–Crippen MR) is 64.7 cm³/mol. The number of alkyl carbamates (subject to hydrolysis) is 1. The minimum absolute atomic E-state index is 0.394. The minimum atomic E-state index is -0.672. The van der Waals surface area contributed by atoms with Crippen molar-refractivity contribution in [3.05, 3.63) is 35.9 Å². The van der Waals surface area contributed by atoms with E-state index in [2.05, 4.69) is 5.32 Å². The third kappa shape index (κ3) is 2.07. The van der Waals surface area contributed by atoms with Gasteiger partial charge in [0.05, 0.1) is 6.61 Å². The van der Waals surface area contributed by atoms with Crippen molar-refractivity contribution in [2.24, 2.45) is 5.73 Å². The molecule has 0 aromatic heterocycles. The lowest BCUT2D eigenvalue weighted by Crippen LogP contribution is -2.49. The molecule has 5 heteroatoms. The van der Waals surface area contributed by atoms with Gasteiger partial charge in [-0.25, -0.2) is 4.79 Å². The highest BCUT2D eigenvalue weighted by Crippen LogP contribution is 2.42. The first-order valence-electron chi connectivity index (χ1n) is 6.07. The van der Waals surface area contributed by atoms with Crippen molar-refractivity contribution in [1.82, 2.24) is 5.32 Å². The Labute approximate surface area is 105 Å². The molecule has 1 unspecified atom stereocenters. The van der Waals surface area contributed by atoms with Gasteiger partial charge in [-0.3, -0.25) is 0 Å². The molecule has 5 nitrogen and oxygen atoms in total. The standard InChI is InChI=1S/C13H16N2O3/c14-13(9-17-13)8-12(6-7-15-11(16)18-12)10-4-2-1-3-5-10/h1-5H,6-9,14H2,(H,15,16)/t12-,13?/m0/s1. The zero-order valence-corrected chi connectivity index (χ0v) is 10.0. The Morgan fingerprint density at radius 2 is 2.06 bits per heavy atom. The van der Waals surface area contributed by atoms with Gasteiger partial charge in [-0.05, 0) is 5.56 Å². The third-order valence-corrected chi connectivity index (χ3v) is 3.49. The second-order valence-electron chi connectivity index (χ2n) is 4.96. The van der Waals surface area contributed by atoms with Crippen LogP contribution in [-0.4, -0.2) is 25.0 Å². The first kappa shape index (κ1) is 11.5. The summed E-state index contributed by atoms with van der Waals surface area (Å²) in [6.07, 6.45) is 0.803. The number of hydrogen-bond acceptors (Lipinski definition) is 4. The molecule has 2 heterocycles. The Hall–Kier alpha value is -1.59. The number of ether oxygens (including phenoxy) is 2. The van der Waals surface area contributed by atoms with Crippen LogP contribution in [-0.2, 0) is 15.1 Å². The number of epoxide rings is 1. The van der Waals surface area contributed by atoms with Crippen LogP contribution in [0.25, 0.3) is 0 Å². The van der Waals surface area contributed by atoms with E-state index in [1.165, 1.54) is 0 Å². The van der Waals surface area contributed by atoms with Crippen molar-refractivity contribution in [2.75, 3.05) is 13.2 Å². The summed E-state index contributed by atoms with van der Waals surface area (Å²) in [7, 11) is 0. The van der Waals surface area contributed by atoms with Gasteiger partial charge in [-0.1, -0.05) is 30.3 Å². The zero-order valence-electron chi connectivity index (χ0n) is 10.0. The number of hydrogen-bond donors (Lipinski definition) is 2. The lowest BCUT2D eigenvalue weighted by atomic mass is 9.83. The molecular formula is C13H16N2O3. The summed E-state index contributed by atoms with van der Waals surface area (Å²) in [5.74, 6) is 0. The van der Waals surface area contributed by atoms with E-state index in [-0.39, 0.29) is 0 Å². The van der Waals surface area contributed by atoms with Crippen molar-refractivity contribution in [3.63, 3.8) is 0 Å². The molecule has 0 aliphatic carbocycles. The SMILES string of the molecule is NC1(C[C@]2(c3ccccc3)CCNC(=O)O2)CO1. The molecule has 0 spiro atoms. The lowest BCUT2D eigenvalue weighted by Gasteiger charge is -2.38. The van der Waals surface area contributed by atoms with E-state index in [9.17, 15) is 4.79 Å². The van der Waals surface area contributed by atoms with Gasteiger partial charge < -0.3 is 20.5 Å². The molecule has 1 aromatic carbocycles. The number of carbonyl (C=O) groups excluding carboxylic acids is 1. The van der Waals surface area contributed by atoms with Crippen molar-refractivity contribution in [3.8, 4) is 0 Å². The van der Waals surface area contributed by atoms with Crippen LogP contribution in [0.15, 0.2) is 30.3 Å². The van der Waals surface area contributed by atoms with Crippen LogP contribution in [0.4, 0.5) is 4.79 Å². The molecule has 1 amide bonds. The number of carbonyl (C=O) groups is 1. The van der Waals surface area contributed by atoms with Gasteiger partial charge >= 0.3 is 6.09 Å². The van der Waals surface area contributed by atoms with E-state index in [1.807, 2.05) is 30.3 Å². The van der Waals surface area contributed by atoms with Crippen LogP contribution in [0.1, 0.15) is 18.4 Å². The van der Waals surface area contributed by atoms with Gasteiger partial charge in [0.1, 0.15) is 11.3 Å². The van der Waals surface area contributed by atoms with Gasteiger partial charge in [0, 0.05) is 19.4 Å². The maximum atomic E-state index is 11.5. The fourth-order valence-electron chi connectivity index (χ4n) is 2.48. The lowest BCUT2D eigenvalue weighted by molar-refractivity contribution is -0.0383. The summed E-state index contributed by atoms with van der Waals surface area (Å²) >= 11 is 0. The number of cyclic esters (lactones) is 1. The first-order valence-corrected chi connectivity index (χ1v) is 6.07. The molecule has 2 aliphatic rings. The molecule has 1 aromatic rings. The van der Waals surface area contributed by atoms with Crippen LogP contribution < -0.4 is 11.1 Å². The molecule has 3 N–H and O–H groups in total. The van der Waals surface area contributed by atoms with Crippen LogP contribution in [0.3, 0.4) is 0 Å². The number of benzene rings is 1. The number of nitrogens with one attached hydrogen (secondary N) is 1. The Morgan fingerprint density at radius 3 is 2.67 bits per heavy atom. The summed E-state index contributed by atoms with van der Waals surface area (Å²) < 4.78 is 10.8. The van der Waals surface area contributed by atoms with E-state index in [1.54, 1.807) is 0 Å². The third-order valence-electron chi connectivity index (χ3n) is 3.49. The quantitative estimate of drug-likeness (QED) is 0.785. The first-order chi connectivity index (χ1) is 8.62. The van der Waals surface area contributed by atoms with Gasteiger partial charge in [0.25, 0.3) is 0 Å². The maximum absolute atomic E-state index is 11.5. The van der Waals surface area contributed by atoms with Gasteiger partial charge in [0.2, 0.25) is 0 Å². The molecule has 18 heavy (non-hydrogen) atoms. The predicted octanol–water partition coefficient (Wildman–Crippen LogP) is 1.09. The molecular weight excluding hydrogens is 232 g/mol. The largest absolute Gasteiger partial charge is 0.438 e. The fraction of sp³-hybridized carbons (Fsp3) is 0.462. The van der Waals surface area contributed by atoms with Crippen molar-refractivity contribution in [1.29, 1.82) is 0 Å². The second-order valence-corrected chi connectivity index (χ2v) is 4.96. The van der Waals surface area contributed by atoms with Crippen molar-refractivity contribution in [2.45, 2.75) is 24.2 Å². The van der Waals surface area contributed by atoms with Crippen molar-refractivity contribution < 1.29 is 14.3 Å². The number of rotatable bonds is 3. The maximum Gasteiger partial charge on any atom is 0.408 e. The molecule has 2 aliphatic heterocycles. The van der Waals surface area contributed by atoms with Crippen LogP contribution in [0, 0.1) is 0 Å². The fourth-order valence-corrected chi connectivity index (χ4v) is 2.48. The van der Waals surface area contributed by atoms with E-state index >= 15 is 0 Å². The van der Waals surface area contributed by atoms with Gasteiger partial charge in [-0.15, -0.1) is 0 Å². The average Bonchev–Trinajstić information content (AvgIpc) is 3.08. The normalized spacial score (nSPS) is 34.6. The van der Waals surface area contributed by atoms with Crippen LogP contribution in [0.5, 0.6) is 0 Å². The highest BCUT2D eigenvalue weighted by atomic mass is 16.6. The molecule has 0 radical (unpaired) electrons. The summed E-state index contributed by atoms with van der Waals surface area (Å²) in [5, 5.41) is 2.67. The highest BCUT2D eigenvalue weighted by Gasteiger charge is 2.51. The van der Waals surface area contributed by atoms with Crippen molar-refractivity contribution >= 4 is 6.09 Å². The molecule has 3 rings (SSSR count). The minimum Gasteiger partial charge on any atom is -0.438 e. The van der Waals surface area contributed by atoms with E-state index in [0.29, 0.717) is 26.0 Å². The number of amides is 1. The summed E-state index contributed by atoms with van der Waals surface area (Å²) in [4.78, 5) is 11.5. The van der Waals surface area contributed by atoms with E-state index in [4.69, 9.17) is 15.2 Å². The van der Waals surface area contributed by atoms with E-state index in [0.717, 1.165) is 5.56 Å². The Kier molecular flexibility index (Phi) is 2.53. The summed E-state index contributed by atoms with van der Waals surface area (Å²) in [5.41, 5.74) is 5.67. The smallest absolute Gasteiger partial charge is 0.408 e. The number of nitrogens with two attached hydrogens (primary N) is 1. The topological polar surface area (TPSA) is 76.9 Å². The van der Waals surface area contributed by atoms with Gasteiger partial charge in [-0.2, -0.15) is 0 Å². The Bertz CT molecular complexity index is 459. The monoisotopic (exact) mass is 248 g/mol. The Morgan fingerprint density at radius 1 is 1.33 bits per heavy atom. The highest BCUT2D eigenvalue weighted by molar-refractivity contribution is 5.69. The molecule has 96 valence electrons. The summed E-state index contributed by atoms with van der Waals surface area (Å²) in [6, 6.07) is 9.73. The van der Waals surface area contributed by atoms with Gasteiger partial charge in [0.15, 0.2) is 0 Å². The van der Waals surface area contributed by atoms with Crippen LogP contribution >= 0.6 is 0 Å². The second kappa shape index (κ2) is 3.96.